The summed E-state index contributed by atoms with van der Waals surface area (Å²) in [6.45, 7) is 5.19. The molecule has 0 atom stereocenters. The molecule has 0 unspecified atom stereocenters. The number of ether oxygens (including phenoxy) is 1. The fourth-order valence-electron chi connectivity index (χ4n) is 2.24. The minimum absolute atomic E-state index is 0.213. The highest BCUT2D eigenvalue weighted by Crippen LogP contribution is 2.35. The van der Waals surface area contributed by atoms with Gasteiger partial charge in [0.2, 0.25) is 0 Å². The van der Waals surface area contributed by atoms with Crippen molar-refractivity contribution >= 4 is 42.6 Å². The van der Waals surface area contributed by atoms with Gasteiger partial charge in [-0.15, -0.1) is 0 Å². The van der Waals surface area contributed by atoms with Crippen LogP contribution in [0.15, 0.2) is 40.9 Å². The molecule has 0 saturated heterocycles. The van der Waals surface area contributed by atoms with Crippen molar-refractivity contribution in [3.05, 3.63) is 40.9 Å². The van der Waals surface area contributed by atoms with Crippen LogP contribution in [0, 0.1) is 5.41 Å². The van der Waals surface area contributed by atoms with Gasteiger partial charge in [-0.1, -0.05) is 60.1 Å². The average molecular weight is 400 g/mol. The molecule has 108 valence electrons. The molecule has 0 spiro atoms. The predicted octanol–water partition coefficient (Wildman–Crippen LogP) is 6.18. The molecule has 0 radical (unpaired) electrons. The molecule has 0 aliphatic rings. The van der Waals surface area contributed by atoms with Crippen molar-refractivity contribution in [2.45, 2.75) is 26.7 Å². The molecule has 20 heavy (non-hydrogen) atoms. The number of benzene rings is 2. The maximum Gasteiger partial charge on any atom is 0.134 e. The third-order valence-electron chi connectivity index (χ3n) is 4.15. The molecule has 0 saturated carbocycles. The molecule has 0 heterocycles. The molecule has 0 aliphatic carbocycles. The summed E-state index contributed by atoms with van der Waals surface area (Å²) < 4.78 is 7.15. The average Bonchev–Trinajstić information content (AvgIpc) is 2.51. The van der Waals surface area contributed by atoms with Crippen molar-refractivity contribution in [1.29, 1.82) is 0 Å². The lowest BCUT2D eigenvalue weighted by Gasteiger charge is -2.29. The van der Waals surface area contributed by atoms with E-state index in [0.29, 0.717) is 0 Å². The lowest BCUT2D eigenvalue weighted by atomic mass is 9.86. The van der Waals surface area contributed by atoms with Crippen molar-refractivity contribution in [3.8, 4) is 5.75 Å². The van der Waals surface area contributed by atoms with Crippen LogP contribution in [0.5, 0.6) is 5.75 Å². The normalized spacial score (nSPS) is 11.8. The summed E-state index contributed by atoms with van der Waals surface area (Å²) in [4.78, 5) is 0. The van der Waals surface area contributed by atoms with Gasteiger partial charge in [-0.3, -0.25) is 0 Å². The Morgan fingerprint density at radius 1 is 1.05 bits per heavy atom. The molecule has 0 aliphatic heterocycles. The number of rotatable bonds is 6. The van der Waals surface area contributed by atoms with Crippen LogP contribution in [0.4, 0.5) is 0 Å². The van der Waals surface area contributed by atoms with Crippen LogP contribution in [-0.2, 0) is 0 Å². The molecule has 0 N–H and O–H groups in total. The van der Waals surface area contributed by atoms with E-state index in [2.05, 4.69) is 82.1 Å². The molecule has 0 aromatic heterocycles. The van der Waals surface area contributed by atoms with Gasteiger partial charge < -0.3 is 4.74 Å². The molecule has 0 fully saturated rings. The van der Waals surface area contributed by atoms with Gasteiger partial charge in [0.15, 0.2) is 0 Å². The second-order valence-electron chi connectivity index (χ2n) is 5.23. The summed E-state index contributed by atoms with van der Waals surface area (Å²) in [5.74, 6) is 0.927. The monoisotopic (exact) mass is 398 g/mol. The van der Waals surface area contributed by atoms with E-state index in [1.54, 1.807) is 0 Å². The minimum atomic E-state index is 0.213. The van der Waals surface area contributed by atoms with Crippen LogP contribution in [0.1, 0.15) is 26.7 Å². The Hall–Kier alpha value is -0.540. The van der Waals surface area contributed by atoms with Crippen LogP contribution in [0.3, 0.4) is 0 Å². The number of halogens is 2. The summed E-state index contributed by atoms with van der Waals surface area (Å²) in [6.07, 6.45) is 2.22. The highest BCUT2D eigenvalue weighted by Gasteiger charge is 2.26. The summed E-state index contributed by atoms with van der Waals surface area (Å²) in [7, 11) is 0. The molecule has 1 nitrogen and oxygen atoms in total. The quantitative estimate of drug-likeness (QED) is 0.526. The van der Waals surface area contributed by atoms with Gasteiger partial charge in [-0.25, -0.2) is 0 Å². The van der Waals surface area contributed by atoms with E-state index in [-0.39, 0.29) is 5.41 Å². The van der Waals surface area contributed by atoms with Gasteiger partial charge in [0.25, 0.3) is 0 Å². The van der Waals surface area contributed by atoms with E-state index in [9.17, 15) is 0 Å². The number of alkyl halides is 1. The van der Waals surface area contributed by atoms with Gasteiger partial charge in [0.05, 0.1) is 11.1 Å². The minimum Gasteiger partial charge on any atom is -0.492 e. The van der Waals surface area contributed by atoms with E-state index in [1.165, 1.54) is 10.8 Å². The Kier molecular flexibility index (Phi) is 5.50. The second kappa shape index (κ2) is 6.95. The Balaban J connectivity index is 2.24. The Morgan fingerprint density at radius 2 is 1.75 bits per heavy atom. The van der Waals surface area contributed by atoms with Crippen LogP contribution < -0.4 is 4.74 Å². The second-order valence-corrected chi connectivity index (χ2v) is 6.58. The van der Waals surface area contributed by atoms with Crippen molar-refractivity contribution in [2.75, 3.05) is 11.9 Å². The first-order chi connectivity index (χ1) is 9.65. The largest absolute Gasteiger partial charge is 0.492 e. The van der Waals surface area contributed by atoms with E-state index < -0.39 is 0 Å². The Labute approximate surface area is 138 Å². The Morgan fingerprint density at radius 3 is 2.40 bits per heavy atom. The number of fused-ring (bicyclic) bond motifs is 1. The first kappa shape index (κ1) is 15.8. The number of hydrogen-bond donors (Lipinski definition) is 0. The topological polar surface area (TPSA) is 9.23 Å². The molecular weight excluding hydrogens is 380 g/mol. The summed E-state index contributed by atoms with van der Waals surface area (Å²) in [6, 6.07) is 12.5. The SMILES string of the molecule is CCC(CC)(CBr)COc1ccc2ccccc2c1Br. The van der Waals surface area contributed by atoms with Gasteiger partial charge in [0, 0.05) is 10.7 Å². The molecule has 2 rings (SSSR count). The van der Waals surface area contributed by atoms with Gasteiger partial charge in [-0.2, -0.15) is 0 Å². The summed E-state index contributed by atoms with van der Waals surface area (Å²) in [5.41, 5.74) is 0.213. The standard InChI is InChI=1S/C17H20Br2O/c1-3-17(4-2,11-18)12-20-15-10-9-13-7-5-6-8-14(13)16(15)19/h5-10H,3-4,11-12H2,1-2H3. The van der Waals surface area contributed by atoms with E-state index in [0.717, 1.165) is 35.0 Å². The fourth-order valence-corrected chi connectivity index (χ4v) is 3.80. The highest BCUT2D eigenvalue weighted by molar-refractivity contribution is 9.10. The van der Waals surface area contributed by atoms with Crippen LogP contribution >= 0.6 is 31.9 Å². The summed E-state index contributed by atoms with van der Waals surface area (Å²) >= 11 is 7.31. The van der Waals surface area contributed by atoms with Crippen LogP contribution in [0.2, 0.25) is 0 Å². The molecule has 0 bridgehead atoms. The lowest BCUT2D eigenvalue weighted by Crippen LogP contribution is -2.29. The zero-order valence-electron chi connectivity index (χ0n) is 12.0. The zero-order valence-corrected chi connectivity index (χ0v) is 15.1. The molecule has 3 heteroatoms. The lowest BCUT2D eigenvalue weighted by molar-refractivity contribution is 0.157. The number of hydrogen-bond acceptors (Lipinski definition) is 1. The maximum atomic E-state index is 6.11. The molecule has 2 aromatic rings. The van der Waals surface area contributed by atoms with Crippen molar-refractivity contribution < 1.29 is 4.74 Å². The Bertz CT molecular complexity index is 568. The molecule has 2 aromatic carbocycles. The molecule has 0 amide bonds. The summed E-state index contributed by atoms with van der Waals surface area (Å²) in [5, 5.41) is 3.39. The van der Waals surface area contributed by atoms with E-state index >= 15 is 0 Å². The predicted molar refractivity (Wildman–Crippen MR) is 94.0 cm³/mol. The van der Waals surface area contributed by atoms with Gasteiger partial charge >= 0.3 is 0 Å². The smallest absolute Gasteiger partial charge is 0.134 e. The van der Waals surface area contributed by atoms with Crippen molar-refractivity contribution in [2.24, 2.45) is 5.41 Å². The highest BCUT2D eigenvalue weighted by atomic mass is 79.9. The van der Waals surface area contributed by atoms with Crippen LogP contribution in [-0.4, -0.2) is 11.9 Å². The van der Waals surface area contributed by atoms with Gasteiger partial charge in [-0.05, 0) is 45.6 Å². The third-order valence-corrected chi connectivity index (χ3v) is 6.15. The van der Waals surface area contributed by atoms with Crippen molar-refractivity contribution in [1.82, 2.24) is 0 Å². The third kappa shape index (κ3) is 3.20. The van der Waals surface area contributed by atoms with E-state index in [1.807, 2.05) is 0 Å². The fraction of sp³-hybridized carbons (Fsp3) is 0.412. The van der Waals surface area contributed by atoms with E-state index in [4.69, 9.17) is 4.74 Å². The first-order valence-corrected chi connectivity index (χ1v) is 8.93. The molecular formula is C17H20Br2O. The van der Waals surface area contributed by atoms with Crippen molar-refractivity contribution in [3.63, 3.8) is 0 Å². The van der Waals surface area contributed by atoms with Crippen LogP contribution in [0.25, 0.3) is 10.8 Å². The first-order valence-electron chi connectivity index (χ1n) is 7.02. The zero-order chi connectivity index (χ0) is 14.6. The maximum absolute atomic E-state index is 6.11. The van der Waals surface area contributed by atoms with Gasteiger partial charge in [0.1, 0.15) is 5.75 Å².